The number of rotatable bonds is 10. The topological polar surface area (TPSA) is 163 Å². The van der Waals surface area contributed by atoms with Crippen LogP contribution in [0.3, 0.4) is 0 Å². The van der Waals surface area contributed by atoms with Gasteiger partial charge in [0.1, 0.15) is 24.0 Å². The van der Waals surface area contributed by atoms with Gasteiger partial charge in [-0.3, -0.25) is 19.2 Å². The molecule has 248 valence electrons. The highest BCUT2D eigenvalue weighted by atomic mass is 79.9. The van der Waals surface area contributed by atoms with Gasteiger partial charge in [-0.2, -0.15) is 0 Å². The summed E-state index contributed by atoms with van der Waals surface area (Å²) in [5, 5.41) is 0.544. The van der Waals surface area contributed by atoms with Crippen molar-refractivity contribution in [3.05, 3.63) is 38.7 Å². The first-order valence-corrected chi connectivity index (χ1v) is 17.9. The molecule has 1 aromatic carbocycles. The lowest BCUT2D eigenvalue weighted by molar-refractivity contribution is -0.288. The fourth-order valence-corrected chi connectivity index (χ4v) is 5.71. The zero-order chi connectivity index (χ0) is 33.9. The minimum absolute atomic E-state index is 0.0475. The molecule has 2 aromatic rings. The van der Waals surface area contributed by atoms with E-state index in [0.29, 0.717) is 15.4 Å². The van der Waals surface area contributed by atoms with Crippen LogP contribution < -0.4 is 10.4 Å². The van der Waals surface area contributed by atoms with Crippen molar-refractivity contribution in [1.82, 2.24) is 0 Å². The van der Waals surface area contributed by atoms with Crippen LogP contribution in [-0.2, 0) is 53.9 Å². The Morgan fingerprint density at radius 1 is 0.867 bits per heavy atom. The Kier molecular flexibility index (Phi) is 11.6. The van der Waals surface area contributed by atoms with E-state index in [-0.39, 0.29) is 23.0 Å². The Balaban J connectivity index is 2.06. The number of carbonyl (C=O) groups excluding carboxylic acids is 4. The zero-order valence-corrected chi connectivity index (χ0v) is 29.3. The van der Waals surface area contributed by atoms with Gasteiger partial charge < -0.3 is 37.3 Å². The van der Waals surface area contributed by atoms with E-state index in [1.165, 1.54) is 19.1 Å². The molecule has 45 heavy (non-hydrogen) atoms. The van der Waals surface area contributed by atoms with Gasteiger partial charge in [-0.25, -0.2) is 4.79 Å². The summed E-state index contributed by atoms with van der Waals surface area (Å²) in [6.45, 7) is 14.9. The normalized spacial score (nSPS) is 22.0. The monoisotopic (exact) mass is 714 g/mol. The molecule has 2 heterocycles. The summed E-state index contributed by atoms with van der Waals surface area (Å²) < 4.78 is 45.8. The molecule has 1 aliphatic rings. The molecule has 0 radical (unpaired) electrons. The minimum atomic E-state index is -2.15. The van der Waals surface area contributed by atoms with E-state index in [1.807, 2.05) is 0 Å². The number of benzene rings is 1. The quantitative estimate of drug-likeness (QED) is 0.146. The maximum absolute atomic E-state index is 12.5. The summed E-state index contributed by atoms with van der Waals surface area (Å²) in [4.78, 5) is 60.4. The average Bonchev–Trinajstić information content (AvgIpc) is 2.88. The first-order chi connectivity index (χ1) is 20.8. The number of hydrogen-bond acceptors (Lipinski definition) is 13. The predicted molar refractivity (Wildman–Crippen MR) is 165 cm³/mol. The van der Waals surface area contributed by atoms with Crippen molar-refractivity contribution in [2.45, 2.75) is 104 Å². The lowest BCUT2D eigenvalue weighted by Crippen LogP contribution is -2.63. The summed E-state index contributed by atoms with van der Waals surface area (Å²) in [6, 6.07) is 4.51. The molecule has 0 aliphatic carbocycles. The summed E-state index contributed by atoms with van der Waals surface area (Å²) in [7, 11) is -2.15. The smallest absolute Gasteiger partial charge is 0.336 e. The van der Waals surface area contributed by atoms with Gasteiger partial charge in [0, 0.05) is 45.2 Å². The highest BCUT2D eigenvalue weighted by molar-refractivity contribution is 9.10. The first-order valence-electron chi connectivity index (χ1n) is 14.2. The second kappa shape index (κ2) is 14.4. The molecule has 1 aromatic heterocycles. The fourth-order valence-electron chi connectivity index (χ4n) is 4.32. The van der Waals surface area contributed by atoms with E-state index >= 15 is 0 Å². The van der Waals surface area contributed by atoms with Crippen molar-refractivity contribution in [2.24, 2.45) is 0 Å². The van der Waals surface area contributed by atoms with Gasteiger partial charge in [0.2, 0.25) is 12.4 Å². The molecule has 5 atom stereocenters. The van der Waals surface area contributed by atoms with Gasteiger partial charge in [0.05, 0.1) is 11.1 Å². The lowest BCUT2D eigenvalue weighted by Gasteiger charge is -2.44. The molecule has 1 fully saturated rings. The molecule has 0 spiro atoms. The second-order valence-electron chi connectivity index (χ2n) is 12.1. The van der Waals surface area contributed by atoms with Crippen LogP contribution in [0, 0.1) is 0 Å². The van der Waals surface area contributed by atoms with Crippen molar-refractivity contribution >= 4 is 59.1 Å². The Morgan fingerprint density at radius 3 is 2.00 bits per heavy atom. The number of halogens is 1. The maximum atomic E-state index is 12.5. The molecule has 0 N–H and O–H groups in total. The van der Waals surface area contributed by atoms with Crippen molar-refractivity contribution < 1.29 is 56.4 Å². The molecule has 1 saturated heterocycles. The molecule has 0 amide bonds. The third-order valence-electron chi connectivity index (χ3n) is 7.47. The average molecular weight is 716 g/mol. The Morgan fingerprint density at radius 2 is 1.44 bits per heavy atom. The SMILES string of the molecule is CC(=O)OC[C@H]1O[C@@H](Oc2cc3oc(=O)cc(CO[Si](C)(C)C(C)(C)C)c3cc2Br)[C@H](OC(C)=O)[C@@H](OC(C)=O)[C@H]1OC(C)=O. The van der Waals surface area contributed by atoms with Crippen LogP contribution in [-0.4, -0.2) is 69.5 Å². The lowest BCUT2D eigenvalue weighted by atomic mass is 9.98. The third-order valence-corrected chi connectivity index (χ3v) is 12.6. The third kappa shape index (κ3) is 9.37. The highest BCUT2D eigenvalue weighted by Gasteiger charge is 2.53. The Hall–Kier alpha value is -3.27. The van der Waals surface area contributed by atoms with Crippen molar-refractivity contribution in [1.29, 1.82) is 0 Å². The van der Waals surface area contributed by atoms with Crippen LogP contribution in [0.15, 0.2) is 31.9 Å². The molecule has 0 saturated carbocycles. The number of esters is 4. The maximum Gasteiger partial charge on any atom is 0.336 e. The van der Waals surface area contributed by atoms with Crippen molar-refractivity contribution in [2.75, 3.05) is 6.61 Å². The van der Waals surface area contributed by atoms with Crippen molar-refractivity contribution in [3.8, 4) is 5.75 Å². The van der Waals surface area contributed by atoms with Crippen LogP contribution in [0.25, 0.3) is 11.0 Å². The number of fused-ring (bicyclic) bond motifs is 1. The number of ether oxygens (including phenoxy) is 6. The van der Waals surface area contributed by atoms with Gasteiger partial charge in [0.15, 0.2) is 20.5 Å². The first kappa shape index (κ1) is 36.2. The largest absolute Gasteiger partial charge is 0.463 e. The van der Waals surface area contributed by atoms with Crippen molar-refractivity contribution in [3.63, 3.8) is 0 Å². The van der Waals surface area contributed by atoms with Gasteiger partial charge >= 0.3 is 29.5 Å². The molecule has 1 aliphatic heterocycles. The highest BCUT2D eigenvalue weighted by Crippen LogP contribution is 2.39. The zero-order valence-electron chi connectivity index (χ0n) is 26.7. The van der Waals surface area contributed by atoms with Crippen LogP contribution in [0.4, 0.5) is 0 Å². The van der Waals surface area contributed by atoms with Gasteiger partial charge in [-0.15, -0.1) is 0 Å². The number of carbonyl (C=O) groups is 4. The molecule has 15 heteroatoms. The van der Waals surface area contributed by atoms with Crippen LogP contribution in [0.2, 0.25) is 18.1 Å². The summed E-state index contributed by atoms with van der Waals surface area (Å²) in [6.07, 6.45) is -6.86. The van der Waals surface area contributed by atoms with Gasteiger partial charge in [0.25, 0.3) is 0 Å². The Bertz CT molecular complexity index is 1500. The van der Waals surface area contributed by atoms with E-state index in [9.17, 15) is 24.0 Å². The number of hydrogen-bond donors (Lipinski definition) is 0. The van der Waals surface area contributed by atoms with Crippen LogP contribution in [0.5, 0.6) is 5.75 Å². The van der Waals surface area contributed by atoms with Crippen LogP contribution >= 0.6 is 15.9 Å². The molecular formula is C30H39BrO13Si. The van der Waals surface area contributed by atoms with E-state index < -0.39 is 75.1 Å². The molecule has 3 rings (SSSR count). The standard InChI is InChI=1S/C30H39BrO13Si/c1-15(32)37-14-24-26(39-16(2)33)27(40-17(3)34)28(41-18(4)35)29(44-24)43-23-12-22-20(11-21(23)31)19(10-25(36)42-22)13-38-45(8,9)30(5,6)7/h10-12,24,26-29H,13-14H2,1-9H3/t24-,26+,27+,28-,29-/m1/s1. The summed E-state index contributed by atoms with van der Waals surface area (Å²) >= 11 is 3.49. The summed E-state index contributed by atoms with van der Waals surface area (Å²) in [5.74, 6) is -2.85. The molecule has 13 nitrogen and oxygen atoms in total. The van der Waals surface area contributed by atoms with E-state index in [1.54, 1.807) is 6.07 Å². The van der Waals surface area contributed by atoms with Gasteiger partial charge in [-0.1, -0.05) is 20.8 Å². The van der Waals surface area contributed by atoms with E-state index in [4.69, 9.17) is 37.3 Å². The van der Waals surface area contributed by atoms with Crippen LogP contribution in [0.1, 0.15) is 54.0 Å². The summed E-state index contributed by atoms with van der Waals surface area (Å²) in [5.41, 5.74) is 0.197. The molecule has 0 bridgehead atoms. The Labute approximate surface area is 270 Å². The molecular weight excluding hydrogens is 676 g/mol. The fraction of sp³-hybridized carbons (Fsp3) is 0.567. The van der Waals surface area contributed by atoms with E-state index in [0.717, 1.165) is 20.8 Å². The predicted octanol–water partition coefficient (Wildman–Crippen LogP) is 4.54. The minimum Gasteiger partial charge on any atom is -0.463 e. The second-order valence-corrected chi connectivity index (χ2v) is 17.8. The van der Waals surface area contributed by atoms with Gasteiger partial charge in [-0.05, 0) is 45.7 Å². The molecule has 0 unspecified atom stereocenters. The van der Waals surface area contributed by atoms with E-state index in [2.05, 4.69) is 49.8 Å².